The van der Waals surface area contributed by atoms with E-state index in [0.29, 0.717) is 36.7 Å². The first-order valence-corrected chi connectivity index (χ1v) is 8.51. The number of nitrogens with zero attached hydrogens (tertiary/aromatic N) is 3. The van der Waals surface area contributed by atoms with Crippen molar-refractivity contribution in [3.8, 4) is 0 Å². The van der Waals surface area contributed by atoms with Crippen molar-refractivity contribution in [2.45, 2.75) is 20.0 Å². The maximum atomic E-state index is 13.4. The Kier molecular flexibility index (Phi) is 4.16. The van der Waals surface area contributed by atoms with Crippen LogP contribution in [0.3, 0.4) is 0 Å². The number of aromatic amines is 1. The Hall–Kier alpha value is -2.80. The van der Waals surface area contributed by atoms with Gasteiger partial charge in [0.1, 0.15) is 23.4 Å². The van der Waals surface area contributed by atoms with E-state index in [9.17, 15) is 9.18 Å². The van der Waals surface area contributed by atoms with Crippen molar-refractivity contribution in [2.24, 2.45) is 0 Å². The van der Waals surface area contributed by atoms with Gasteiger partial charge in [-0.1, -0.05) is 0 Å². The molecule has 3 aromatic rings. The molecule has 1 aliphatic rings. The van der Waals surface area contributed by atoms with Gasteiger partial charge in [0, 0.05) is 23.1 Å². The number of amides is 1. The second-order valence-electron chi connectivity index (χ2n) is 6.51. The first-order chi connectivity index (χ1) is 12.5. The summed E-state index contributed by atoms with van der Waals surface area (Å²) in [5, 5.41) is 0.807. The third-order valence-electron chi connectivity index (χ3n) is 4.48. The lowest BCUT2D eigenvalue weighted by Crippen LogP contribution is -2.42. The molecule has 1 N–H and O–H groups in total. The van der Waals surface area contributed by atoms with Crippen molar-refractivity contribution in [2.75, 3.05) is 19.7 Å². The Morgan fingerprint density at radius 3 is 2.92 bits per heavy atom. The molecule has 26 heavy (non-hydrogen) atoms. The molecule has 6 nitrogen and oxygen atoms in total. The third kappa shape index (κ3) is 3.17. The number of hydrogen-bond acceptors (Lipinski definition) is 4. The van der Waals surface area contributed by atoms with E-state index >= 15 is 0 Å². The molecule has 0 spiro atoms. The van der Waals surface area contributed by atoms with E-state index in [4.69, 9.17) is 4.74 Å². The molecule has 3 heterocycles. The highest BCUT2D eigenvalue weighted by molar-refractivity contribution is 5.98. The van der Waals surface area contributed by atoms with Gasteiger partial charge in [0.05, 0.1) is 18.8 Å². The fraction of sp³-hybridized carbons (Fsp3) is 0.316. The Bertz CT molecular complexity index is 965. The van der Waals surface area contributed by atoms with Crippen molar-refractivity contribution >= 4 is 16.8 Å². The Labute approximate surface area is 150 Å². The molecule has 4 rings (SSSR count). The average molecular weight is 354 g/mol. The number of H-pyrrole nitrogens is 1. The summed E-state index contributed by atoms with van der Waals surface area (Å²) in [5.74, 6) is 0.224. The van der Waals surface area contributed by atoms with Gasteiger partial charge in [0.25, 0.3) is 5.91 Å². The van der Waals surface area contributed by atoms with Crippen LogP contribution in [0.4, 0.5) is 4.39 Å². The van der Waals surface area contributed by atoms with Crippen LogP contribution >= 0.6 is 0 Å². The van der Waals surface area contributed by atoms with Gasteiger partial charge in [-0.3, -0.25) is 4.79 Å². The minimum atomic E-state index is -0.334. The number of aryl methyl sites for hydroxylation is 2. The molecule has 1 unspecified atom stereocenters. The lowest BCUT2D eigenvalue weighted by Gasteiger charge is -2.32. The van der Waals surface area contributed by atoms with Gasteiger partial charge in [-0.25, -0.2) is 14.4 Å². The largest absolute Gasteiger partial charge is 0.368 e. The van der Waals surface area contributed by atoms with E-state index < -0.39 is 0 Å². The summed E-state index contributed by atoms with van der Waals surface area (Å²) in [5.41, 5.74) is 2.71. The van der Waals surface area contributed by atoms with Crippen molar-refractivity contribution in [3.63, 3.8) is 0 Å². The van der Waals surface area contributed by atoms with Gasteiger partial charge in [-0.05, 0) is 44.2 Å². The first-order valence-electron chi connectivity index (χ1n) is 8.51. The molecule has 1 atom stereocenters. The fourth-order valence-electron chi connectivity index (χ4n) is 3.31. The SMILES string of the molecule is Cc1cc(C2CN(C(=O)c3cc4ccc(F)cc4[nH]3)CCO2)nc(C)n1. The van der Waals surface area contributed by atoms with Crippen molar-refractivity contribution in [1.82, 2.24) is 19.9 Å². The maximum Gasteiger partial charge on any atom is 0.270 e. The van der Waals surface area contributed by atoms with Crippen LogP contribution in [0.15, 0.2) is 30.3 Å². The van der Waals surface area contributed by atoms with E-state index in [-0.39, 0.29) is 17.8 Å². The van der Waals surface area contributed by atoms with Crippen LogP contribution in [0, 0.1) is 19.7 Å². The number of hydrogen-bond donors (Lipinski definition) is 1. The van der Waals surface area contributed by atoms with Crippen LogP contribution in [0.2, 0.25) is 0 Å². The second kappa shape index (κ2) is 6.49. The number of carbonyl (C=O) groups excluding carboxylic acids is 1. The summed E-state index contributed by atoms with van der Waals surface area (Å²) < 4.78 is 19.2. The summed E-state index contributed by atoms with van der Waals surface area (Å²) in [4.78, 5) is 26.3. The normalized spacial score (nSPS) is 17.7. The highest BCUT2D eigenvalue weighted by Crippen LogP contribution is 2.24. The highest BCUT2D eigenvalue weighted by atomic mass is 19.1. The van der Waals surface area contributed by atoms with Crippen LogP contribution in [0.1, 0.15) is 33.8 Å². The van der Waals surface area contributed by atoms with Crippen molar-refractivity contribution < 1.29 is 13.9 Å². The monoisotopic (exact) mass is 354 g/mol. The van der Waals surface area contributed by atoms with Gasteiger partial charge in [0.2, 0.25) is 0 Å². The number of fused-ring (bicyclic) bond motifs is 1. The number of nitrogens with one attached hydrogen (secondary N) is 1. The van der Waals surface area contributed by atoms with Crippen molar-refractivity contribution in [3.05, 3.63) is 59.1 Å². The molecule has 1 saturated heterocycles. The van der Waals surface area contributed by atoms with Crippen LogP contribution in [-0.4, -0.2) is 45.5 Å². The van der Waals surface area contributed by atoms with Gasteiger partial charge in [0.15, 0.2) is 0 Å². The zero-order valence-corrected chi connectivity index (χ0v) is 14.6. The molecule has 1 aromatic carbocycles. The quantitative estimate of drug-likeness (QED) is 0.768. The van der Waals surface area contributed by atoms with E-state index in [2.05, 4.69) is 15.0 Å². The van der Waals surface area contributed by atoms with Gasteiger partial charge < -0.3 is 14.6 Å². The molecule has 0 saturated carbocycles. The van der Waals surface area contributed by atoms with Crippen molar-refractivity contribution in [1.29, 1.82) is 0 Å². The number of benzene rings is 1. The molecule has 7 heteroatoms. The molecule has 0 aliphatic carbocycles. The molecule has 0 radical (unpaired) electrons. The number of morpholine rings is 1. The van der Waals surface area contributed by atoms with Crippen LogP contribution in [-0.2, 0) is 4.74 Å². The molecular formula is C19H19FN4O2. The Morgan fingerprint density at radius 1 is 1.27 bits per heavy atom. The van der Waals surface area contributed by atoms with E-state index in [1.807, 2.05) is 19.9 Å². The van der Waals surface area contributed by atoms with E-state index in [1.54, 1.807) is 17.0 Å². The van der Waals surface area contributed by atoms with Gasteiger partial charge in [-0.15, -0.1) is 0 Å². The van der Waals surface area contributed by atoms with Crippen LogP contribution in [0.25, 0.3) is 10.9 Å². The Balaban J connectivity index is 1.57. The number of ether oxygens (including phenoxy) is 1. The molecule has 1 amide bonds. The minimum Gasteiger partial charge on any atom is -0.368 e. The summed E-state index contributed by atoms with van der Waals surface area (Å²) >= 11 is 0. The number of rotatable bonds is 2. The summed E-state index contributed by atoms with van der Waals surface area (Å²) in [6.07, 6.45) is -0.282. The van der Waals surface area contributed by atoms with E-state index in [1.165, 1.54) is 12.1 Å². The third-order valence-corrected chi connectivity index (χ3v) is 4.48. The highest BCUT2D eigenvalue weighted by Gasteiger charge is 2.28. The average Bonchev–Trinajstić information content (AvgIpc) is 3.03. The van der Waals surface area contributed by atoms with Crippen LogP contribution in [0.5, 0.6) is 0 Å². The first kappa shape index (κ1) is 16.7. The topological polar surface area (TPSA) is 71.1 Å². The summed E-state index contributed by atoms with van der Waals surface area (Å²) in [7, 11) is 0. The summed E-state index contributed by atoms with van der Waals surface area (Å²) in [6, 6.07) is 8.07. The predicted molar refractivity (Wildman–Crippen MR) is 94.4 cm³/mol. The summed E-state index contributed by atoms with van der Waals surface area (Å²) in [6.45, 7) is 5.10. The molecule has 1 aliphatic heterocycles. The van der Waals surface area contributed by atoms with Gasteiger partial charge in [-0.2, -0.15) is 0 Å². The number of halogens is 1. The smallest absolute Gasteiger partial charge is 0.270 e. The van der Waals surface area contributed by atoms with Crippen LogP contribution < -0.4 is 0 Å². The maximum absolute atomic E-state index is 13.4. The van der Waals surface area contributed by atoms with Gasteiger partial charge >= 0.3 is 0 Å². The predicted octanol–water partition coefficient (Wildman–Crippen LogP) is 2.93. The standard InChI is InChI=1S/C19H19FN4O2/c1-11-7-16(22-12(2)21-11)18-10-24(5-6-26-18)19(25)17-8-13-3-4-14(20)9-15(13)23-17/h3-4,7-9,18,23H,5-6,10H2,1-2H3. The zero-order valence-electron chi connectivity index (χ0n) is 14.6. The second-order valence-corrected chi connectivity index (χ2v) is 6.51. The molecular weight excluding hydrogens is 335 g/mol. The molecule has 0 bridgehead atoms. The fourth-order valence-corrected chi connectivity index (χ4v) is 3.31. The molecule has 1 fully saturated rings. The molecule has 134 valence electrons. The Morgan fingerprint density at radius 2 is 2.12 bits per heavy atom. The number of carbonyl (C=O) groups is 1. The zero-order chi connectivity index (χ0) is 18.3. The lowest BCUT2D eigenvalue weighted by atomic mass is 10.1. The molecule has 2 aromatic heterocycles. The number of aromatic nitrogens is 3. The minimum absolute atomic E-state index is 0.127. The lowest BCUT2D eigenvalue weighted by molar-refractivity contribution is -0.0250. The van der Waals surface area contributed by atoms with E-state index in [0.717, 1.165) is 16.8 Å².